The molecule has 1 aliphatic heterocycles. The lowest BCUT2D eigenvalue weighted by atomic mass is 10.2. The number of hydrogen-bond donors (Lipinski definition) is 0. The Hall–Kier alpha value is -2.31. The van der Waals surface area contributed by atoms with Crippen LogP contribution < -0.4 is 0 Å². The van der Waals surface area contributed by atoms with Crippen molar-refractivity contribution >= 4 is 11.0 Å². The third kappa shape index (κ3) is 2.90. The van der Waals surface area contributed by atoms with Crippen molar-refractivity contribution in [2.75, 3.05) is 19.7 Å². The SMILES string of the molecule is Cc1ccnc(C2CN(Cc3nc4ccccc4n3C)CCO2)n1. The van der Waals surface area contributed by atoms with Gasteiger partial charge in [-0.3, -0.25) is 4.90 Å². The number of imidazole rings is 1. The van der Waals surface area contributed by atoms with Gasteiger partial charge in [0, 0.05) is 32.0 Å². The van der Waals surface area contributed by atoms with Crippen molar-refractivity contribution in [3.63, 3.8) is 0 Å². The van der Waals surface area contributed by atoms with Crippen molar-refractivity contribution in [1.29, 1.82) is 0 Å². The lowest BCUT2D eigenvalue weighted by Crippen LogP contribution is -2.39. The zero-order chi connectivity index (χ0) is 16.5. The third-order valence-corrected chi connectivity index (χ3v) is 4.50. The molecule has 0 spiro atoms. The van der Waals surface area contributed by atoms with Crippen LogP contribution in [0.25, 0.3) is 11.0 Å². The molecule has 1 aliphatic rings. The lowest BCUT2D eigenvalue weighted by molar-refractivity contribution is -0.0382. The summed E-state index contributed by atoms with van der Waals surface area (Å²) in [5.41, 5.74) is 3.18. The summed E-state index contributed by atoms with van der Waals surface area (Å²) < 4.78 is 8.05. The number of fused-ring (bicyclic) bond motifs is 1. The number of aromatic nitrogens is 4. The molecule has 6 nitrogen and oxygen atoms in total. The highest BCUT2D eigenvalue weighted by Crippen LogP contribution is 2.22. The monoisotopic (exact) mass is 323 g/mol. The van der Waals surface area contributed by atoms with Crippen LogP contribution >= 0.6 is 0 Å². The fourth-order valence-corrected chi connectivity index (χ4v) is 3.16. The predicted molar refractivity (Wildman–Crippen MR) is 91.5 cm³/mol. The number of ether oxygens (including phenoxy) is 1. The Morgan fingerprint density at radius 3 is 2.92 bits per heavy atom. The van der Waals surface area contributed by atoms with Gasteiger partial charge in [0.05, 0.1) is 24.2 Å². The van der Waals surface area contributed by atoms with E-state index in [4.69, 9.17) is 9.72 Å². The summed E-state index contributed by atoms with van der Waals surface area (Å²) >= 11 is 0. The van der Waals surface area contributed by atoms with Crippen LogP contribution in [0.15, 0.2) is 36.5 Å². The first kappa shape index (κ1) is 15.2. The average Bonchev–Trinajstić information content (AvgIpc) is 2.91. The fourth-order valence-electron chi connectivity index (χ4n) is 3.16. The normalized spacial score (nSPS) is 19.0. The zero-order valence-corrected chi connectivity index (χ0v) is 14.0. The highest BCUT2D eigenvalue weighted by atomic mass is 16.5. The van der Waals surface area contributed by atoms with E-state index in [9.17, 15) is 0 Å². The Balaban J connectivity index is 1.53. The number of hydrogen-bond acceptors (Lipinski definition) is 5. The fraction of sp³-hybridized carbons (Fsp3) is 0.389. The van der Waals surface area contributed by atoms with E-state index < -0.39 is 0 Å². The van der Waals surface area contributed by atoms with Crippen molar-refractivity contribution in [1.82, 2.24) is 24.4 Å². The van der Waals surface area contributed by atoms with Gasteiger partial charge >= 0.3 is 0 Å². The van der Waals surface area contributed by atoms with E-state index in [1.54, 1.807) is 6.20 Å². The summed E-state index contributed by atoms with van der Waals surface area (Å²) in [7, 11) is 2.08. The van der Waals surface area contributed by atoms with Crippen LogP contribution in [0.3, 0.4) is 0 Å². The maximum absolute atomic E-state index is 5.88. The van der Waals surface area contributed by atoms with Crippen LogP contribution in [0.5, 0.6) is 0 Å². The molecule has 4 rings (SSSR count). The Labute approximate surface area is 141 Å². The number of rotatable bonds is 3. The molecule has 0 radical (unpaired) electrons. The molecule has 0 saturated carbocycles. The molecule has 0 amide bonds. The van der Waals surface area contributed by atoms with Crippen LogP contribution in [0.2, 0.25) is 0 Å². The topological polar surface area (TPSA) is 56.1 Å². The molecule has 3 heterocycles. The van der Waals surface area contributed by atoms with E-state index in [2.05, 4.69) is 38.6 Å². The summed E-state index contributed by atoms with van der Waals surface area (Å²) in [6, 6.07) is 10.1. The summed E-state index contributed by atoms with van der Waals surface area (Å²) in [4.78, 5) is 16.0. The molecule has 0 N–H and O–H groups in total. The second-order valence-electron chi connectivity index (χ2n) is 6.23. The zero-order valence-electron chi connectivity index (χ0n) is 14.0. The standard InChI is InChI=1S/C18H21N5O/c1-13-7-8-19-18(20-13)16-11-23(9-10-24-16)12-17-21-14-5-3-4-6-15(14)22(17)2/h3-8,16H,9-12H2,1-2H3. The molecule has 124 valence electrons. The highest BCUT2D eigenvalue weighted by Gasteiger charge is 2.25. The summed E-state index contributed by atoms with van der Waals surface area (Å²) in [6.45, 7) is 5.15. The number of morpholine rings is 1. The quantitative estimate of drug-likeness (QED) is 0.740. The van der Waals surface area contributed by atoms with E-state index in [-0.39, 0.29) is 6.10 Å². The molecule has 3 aromatic rings. The van der Waals surface area contributed by atoms with Crippen LogP contribution in [0, 0.1) is 6.92 Å². The van der Waals surface area contributed by atoms with Gasteiger partial charge in [-0.15, -0.1) is 0 Å². The summed E-state index contributed by atoms with van der Waals surface area (Å²) in [5.74, 6) is 1.84. The molecule has 1 fully saturated rings. The van der Waals surface area contributed by atoms with E-state index in [0.29, 0.717) is 6.61 Å². The minimum atomic E-state index is -0.0756. The van der Waals surface area contributed by atoms with Gasteiger partial charge in [-0.25, -0.2) is 15.0 Å². The number of aryl methyl sites for hydroxylation is 2. The van der Waals surface area contributed by atoms with E-state index in [1.165, 1.54) is 5.52 Å². The smallest absolute Gasteiger partial charge is 0.158 e. The maximum Gasteiger partial charge on any atom is 0.158 e. The molecule has 1 aromatic carbocycles. The molecular weight excluding hydrogens is 302 g/mol. The van der Waals surface area contributed by atoms with Gasteiger partial charge in [-0.2, -0.15) is 0 Å². The predicted octanol–water partition coefficient (Wildman–Crippen LogP) is 2.25. The van der Waals surface area contributed by atoms with E-state index >= 15 is 0 Å². The van der Waals surface area contributed by atoms with Crippen molar-refractivity contribution in [3.05, 3.63) is 53.9 Å². The van der Waals surface area contributed by atoms with Gasteiger partial charge in [-0.05, 0) is 25.1 Å². The van der Waals surface area contributed by atoms with Gasteiger partial charge < -0.3 is 9.30 Å². The van der Waals surface area contributed by atoms with Gasteiger partial charge in [0.15, 0.2) is 5.82 Å². The second-order valence-corrected chi connectivity index (χ2v) is 6.23. The first-order valence-corrected chi connectivity index (χ1v) is 8.24. The summed E-state index contributed by atoms with van der Waals surface area (Å²) in [6.07, 6.45) is 1.72. The molecule has 1 atom stereocenters. The average molecular weight is 323 g/mol. The van der Waals surface area contributed by atoms with Gasteiger partial charge in [0.2, 0.25) is 0 Å². The highest BCUT2D eigenvalue weighted by molar-refractivity contribution is 5.75. The van der Waals surface area contributed by atoms with Crippen molar-refractivity contribution in [2.45, 2.75) is 19.6 Å². The van der Waals surface area contributed by atoms with Crippen molar-refractivity contribution in [3.8, 4) is 0 Å². The molecule has 6 heteroatoms. The van der Waals surface area contributed by atoms with Gasteiger partial charge in [-0.1, -0.05) is 12.1 Å². The minimum Gasteiger partial charge on any atom is -0.368 e. The largest absolute Gasteiger partial charge is 0.368 e. The van der Waals surface area contributed by atoms with Crippen LogP contribution in [0.4, 0.5) is 0 Å². The van der Waals surface area contributed by atoms with E-state index in [1.807, 2.05) is 25.1 Å². The van der Waals surface area contributed by atoms with Crippen LogP contribution in [0.1, 0.15) is 23.4 Å². The van der Waals surface area contributed by atoms with E-state index in [0.717, 1.165) is 42.5 Å². The first-order valence-electron chi connectivity index (χ1n) is 8.24. The molecule has 0 bridgehead atoms. The van der Waals surface area contributed by atoms with Gasteiger partial charge in [0.25, 0.3) is 0 Å². The van der Waals surface area contributed by atoms with Crippen LogP contribution in [-0.2, 0) is 18.3 Å². The Bertz CT molecular complexity index is 859. The molecule has 1 unspecified atom stereocenters. The molecule has 2 aromatic heterocycles. The Kier molecular flexibility index (Phi) is 4.00. The van der Waals surface area contributed by atoms with Crippen molar-refractivity contribution in [2.24, 2.45) is 7.05 Å². The number of para-hydroxylation sites is 2. The Morgan fingerprint density at radius 1 is 1.21 bits per heavy atom. The molecular formula is C18H21N5O. The maximum atomic E-state index is 5.88. The molecule has 24 heavy (non-hydrogen) atoms. The lowest BCUT2D eigenvalue weighted by Gasteiger charge is -2.31. The van der Waals surface area contributed by atoms with Crippen LogP contribution in [-0.4, -0.2) is 44.1 Å². The summed E-state index contributed by atoms with van der Waals surface area (Å²) in [5, 5.41) is 0. The molecule has 1 saturated heterocycles. The number of nitrogens with zero attached hydrogens (tertiary/aromatic N) is 5. The van der Waals surface area contributed by atoms with Gasteiger partial charge in [0.1, 0.15) is 11.9 Å². The third-order valence-electron chi connectivity index (χ3n) is 4.50. The minimum absolute atomic E-state index is 0.0756. The Morgan fingerprint density at radius 2 is 2.08 bits per heavy atom. The first-order chi connectivity index (χ1) is 11.7. The van der Waals surface area contributed by atoms with Crippen molar-refractivity contribution < 1.29 is 4.74 Å². The second kappa shape index (κ2) is 6.30. The number of benzene rings is 1. The molecule has 0 aliphatic carbocycles.